The maximum Gasteiger partial charge on any atom is 0.335 e. The van der Waals surface area contributed by atoms with Crippen LogP contribution in [0.4, 0.5) is 10.1 Å². The fourth-order valence-corrected chi connectivity index (χ4v) is 2.83. The maximum absolute atomic E-state index is 13.8. The third-order valence-electron chi connectivity index (χ3n) is 2.56. The molecule has 0 atom stereocenters. The number of hydrogen-bond acceptors (Lipinski definition) is 3. The summed E-state index contributed by atoms with van der Waals surface area (Å²) in [4.78, 5) is 10.1. The molecule has 2 aromatic carbocycles. The van der Waals surface area contributed by atoms with E-state index in [1.165, 1.54) is 24.3 Å². The molecule has 0 aliphatic heterocycles. The highest BCUT2D eigenvalue weighted by Crippen LogP contribution is 2.21. The van der Waals surface area contributed by atoms with E-state index in [-0.39, 0.29) is 11.3 Å². The Morgan fingerprint density at radius 1 is 1.14 bits per heavy atom. The van der Waals surface area contributed by atoms with Gasteiger partial charge in [-0.25, -0.2) is 17.6 Å². The van der Waals surface area contributed by atoms with Crippen molar-refractivity contribution in [3.63, 3.8) is 0 Å². The number of anilines is 1. The molecule has 0 radical (unpaired) electrons. The van der Waals surface area contributed by atoms with Crippen molar-refractivity contribution in [1.29, 1.82) is 0 Å². The summed E-state index contributed by atoms with van der Waals surface area (Å²) in [5, 5.41) is 9.15. The van der Waals surface area contributed by atoms with Crippen molar-refractivity contribution in [2.24, 2.45) is 0 Å². The lowest BCUT2D eigenvalue weighted by Crippen LogP contribution is -2.15. The van der Waals surface area contributed by atoms with Crippen molar-refractivity contribution in [3.8, 4) is 0 Å². The van der Waals surface area contributed by atoms with E-state index in [1.807, 2.05) is 0 Å². The van der Waals surface area contributed by atoms with Crippen molar-refractivity contribution in [3.05, 3.63) is 58.9 Å². The Bertz CT molecular complexity index is 790. The van der Waals surface area contributed by atoms with Crippen molar-refractivity contribution in [1.82, 2.24) is 0 Å². The largest absolute Gasteiger partial charge is 0.478 e. The van der Waals surface area contributed by atoms with E-state index in [0.29, 0.717) is 11.1 Å². The molecule has 21 heavy (non-hydrogen) atoms. The van der Waals surface area contributed by atoms with Crippen LogP contribution in [0.5, 0.6) is 0 Å². The number of carboxylic acids is 1. The molecule has 0 fully saturated rings. The molecule has 2 rings (SSSR count). The van der Waals surface area contributed by atoms with Crippen molar-refractivity contribution >= 4 is 33.3 Å². The zero-order valence-electron chi connectivity index (χ0n) is 10.4. The molecule has 0 unspecified atom stereocenters. The summed E-state index contributed by atoms with van der Waals surface area (Å²) in [6.45, 7) is 0. The van der Waals surface area contributed by atoms with Gasteiger partial charge in [-0.3, -0.25) is 4.72 Å². The quantitative estimate of drug-likeness (QED) is 0.903. The molecule has 0 heterocycles. The van der Waals surface area contributed by atoms with Gasteiger partial charge in [-0.05, 0) is 42.5 Å². The van der Waals surface area contributed by atoms with Crippen LogP contribution < -0.4 is 4.72 Å². The molecule has 110 valence electrons. The smallest absolute Gasteiger partial charge is 0.335 e. The molecule has 2 aromatic rings. The lowest BCUT2D eigenvalue weighted by Gasteiger charge is -2.09. The van der Waals surface area contributed by atoms with Crippen LogP contribution in [0.3, 0.4) is 0 Å². The number of rotatable bonds is 4. The van der Waals surface area contributed by atoms with Gasteiger partial charge in [-0.15, -0.1) is 0 Å². The van der Waals surface area contributed by atoms with Crippen LogP contribution in [0, 0.1) is 5.82 Å². The minimum Gasteiger partial charge on any atom is -0.478 e. The number of nitrogens with one attached hydrogen (secondary N) is 1. The lowest BCUT2D eigenvalue weighted by molar-refractivity contribution is 0.0696. The number of benzene rings is 2. The Morgan fingerprint density at radius 2 is 1.76 bits per heavy atom. The van der Waals surface area contributed by atoms with Gasteiger partial charge in [0.1, 0.15) is 10.7 Å². The molecule has 0 saturated carbocycles. The average Bonchev–Trinajstić information content (AvgIpc) is 2.40. The Morgan fingerprint density at radius 3 is 2.29 bits per heavy atom. The summed E-state index contributed by atoms with van der Waals surface area (Å²) in [6, 6.07) is 8.36. The molecular weight excluding hydrogens is 321 g/mol. The zero-order chi connectivity index (χ0) is 15.6. The average molecular weight is 330 g/mol. The normalized spacial score (nSPS) is 11.1. The first-order valence-corrected chi connectivity index (χ1v) is 7.47. The summed E-state index contributed by atoms with van der Waals surface area (Å²) in [5.74, 6) is -2.49. The predicted molar refractivity (Wildman–Crippen MR) is 75.6 cm³/mol. The van der Waals surface area contributed by atoms with Crippen LogP contribution in [0.1, 0.15) is 10.4 Å². The number of halogens is 2. The summed E-state index contributed by atoms with van der Waals surface area (Å²) in [6.07, 6.45) is 0. The molecule has 0 aliphatic carbocycles. The Labute approximate surface area is 125 Å². The maximum atomic E-state index is 13.8. The topological polar surface area (TPSA) is 83.5 Å². The van der Waals surface area contributed by atoms with E-state index in [4.69, 9.17) is 16.7 Å². The zero-order valence-corrected chi connectivity index (χ0v) is 12.0. The van der Waals surface area contributed by atoms with E-state index >= 15 is 0 Å². The fourth-order valence-electron chi connectivity index (χ4n) is 1.58. The van der Waals surface area contributed by atoms with E-state index in [1.54, 1.807) is 0 Å². The number of carbonyl (C=O) groups is 1. The molecule has 0 bridgehead atoms. The highest BCUT2D eigenvalue weighted by molar-refractivity contribution is 7.92. The number of carboxylic acid groups (broad SMARTS) is 1. The first-order chi connectivity index (χ1) is 9.79. The third-order valence-corrected chi connectivity index (χ3v) is 4.23. The second-order valence-electron chi connectivity index (χ2n) is 4.06. The lowest BCUT2D eigenvalue weighted by atomic mass is 10.2. The van der Waals surface area contributed by atoms with Gasteiger partial charge in [0.25, 0.3) is 10.0 Å². The van der Waals surface area contributed by atoms with E-state index in [0.717, 1.165) is 12.1 Å². The van der Waals surface area contributed by atoms with Gasteiger partial charge in [-0.2, -0.15) is 0 Å². The van der Waals surface area contributed by atoms with Gasteiger partial charge in [0.05, 0.1) is 5.56 Å². The SMILES string of the molecule is O=C(O)c1ccc(S(=O)(=O)Nc2ccc(Cl)cc2)c(F)c1. The molecule has 0 saturated heterocycles. The minimum atomic E-state index is -4.16. The Hall–Kier alpha value is -2.12. The first kappa shape index (κ1) is 15.3. The second kappa shape index (κ2) is 5.71. The summed E-state index contributed by atoms with van der Waals surface area (Å²) < 4.78 is 40.1. The van der Waals surface area contributed by atoms with E-state index < -0.39 is 26.7 Å². The van der Waals surface area contributed by atoms with Crippen molar-refractivity contribution < 1.29 is 22.7 Å². The van der Waals surface area contributed by atoms with Gasteiger partial charge in [0.2, 0.25) is 0 Å². The molecule has 8 heteroatoms. The van der Waals surface area contributed by atoms with Crippen LogP contribution in [-0.2, 0) is 10.0 Å². The summed E-state index contributed by atoms with van der Waals surface area (Å²) in [5.41, 5.74) is -0.126. The molecule has 0 amide bonds. The minimum absolute atomic E-state index is 0.209. The molecule has 0 aromatic heterocycles. The summed E-state index contributed by atoms with van der Waals surface area (Å²) in [7, 11) is -4.16. The first-order valence-electron chi connectivity index (χ1n) is 5.61. The van der Waals surface area contributed by atoms with Crippen molar-refractivity contribution in [2.75, 3.05) is 4.72 Å². The summed E-state index contributed by atoms with van der Waals surface area (Å²) >= 11 is 5.68. The van der Waals surface area contributed by atoms with Gasteiger partial charge >= 0.3 is 5.97 Å². The van der Waals surface area contributed by atoms with Gasteiger partial charge in [-0.1, -0.05) is 11.6 Å². The molecule has 2 N–H and O–H groups in total. The third kappa shape index (κ3) is 3.50. The van der Waals surface area contributed by atoms with Gasteiger partial charge < -0.3 is 5.11 Å². The number of sulfonamides is 1. The van der Waals surface area contributed by atoms with Crippen LogP contribution >= 0.6 is 11.6 Å². The van der Waals surface area contributed by atoms with E-state index in [9.17, 15) is 17.6 Å². The standard InChI is InChI=1S/C13H9ClFNO4S/c14-9-2-4-10(5-3-9)16-21(19,20)12-6-1-8(13(17)18)7-11(12)15/h1-7,16H,(H,17,18). The van der Waals surface area contributed by atoms with Crippen molar-refractivity contribution in [2.45, 2.75) is 4.90 Å². The number of hydrogen-bond donors (Lipinski definition) is 2. The molecular formula is C13H9ClFNO4S. The van der Waals surface area contributed by atoms with Gasteiger partial charge in [0, 0.05) is 10.7 Å². The Kier molecular flexibility index (Phi) is 4.15. The Balaban J connectivity index is 2.35. The van der Waals surface area contributed by atoms with Crippen LogP contribution in [0.25, 0.3) is 0 Å². The monoisotopic (exact) mass is 329 g/mol. The van der Waals surface area contributed by atoms with Crippen LogP contribution in [0.15, 0.2) is 47.4 Å². The van der Waals surface area contributed by atoms with Crippen LogP contribution in [0.2, 0.25) is 5.02 Å². The highest BCUT2D eigenvalue weighted by Gasteiger charge is 2.20. The molecule has 0 aliphatic rings. The predicted octanol–water partition coefficient (Wildman–Crippen LogP) is 2.98. The highest BCUT2D eigenvalue weighted by atomic mass is 35.5. The van der Waals surface area contributed by atoms with E-state index in [2.05, 4.69) is 4.72 Å². The molecule has 5 nitrogen and oxygen atoms in total. The van der Waals surface area contributed by atoms with Gasteiger partial charge in [0.15, 0.2) is 0 Å². The fraction of sp³-hybridized carbons (Fsp3) is 0. The number of aromatic carboxylic acids is 1. The second-order valence-corrected chi connectivity index (χ2v) is 6.15. The van der Waals surface area contributed by atoms with Crippen LogP contribution in [-0.4, -0.2) is 19.5 Å². The molecule has 0 spiro atoms.